The van der Waals surface area contributed by atoms with Crippen molar-refractivity contribution in [1.29, 1.82) is 0 Å². The van der Waals surface area contributed by atoms with E-state index < -0.39 is 19.1 Å². The molecule has 2 aromatic heterocycles. The molecule has 0 unspecified atom stereocenters. The molecule has 4 aromatic rings. The van der Waals surface area contributed by atoms with Crippen molar-refractivity contribution in [2.24, 2.45) is 17.8 Å². The van der Waals surface area contributed by atoms with E-state index in [2.05, 4.69) is 50.7 Å². The topological polar surface area (TPSA) is 152 Å². The van der Waals surface area contributed by atoms with Gasteiger partial charge in [0, 0.05) is 74.1 Å². The highest BCUT2D eigenvalue weighted by molar-refractivity contribution is 8.13. The fraction of sp³-hybridized carbons (Fsp3) is 0.634. The zero-order chi connectivity index (χ0) is 41.3. The van der Waals surface area contributed by atoms with E-state index in [0.29, 0.717) is 48.8 Å². The van der Waals surface area contributed by atoms with E-state index in [9.17, 15) is 21.6 Å². The summed E-state index contributed by atoms with van der Waals surface area (Å²) in [7, 11) is -0.571. The van der Waals surface area contributed by atoms with E-state index in [1.165, 1.54) is 11.4 Å². The normalized spacial score (nSPS) is 18.8. The molecule has 0 spiro atoms. The maximum absolute atomic E-state index is 13.3. The molecule has 57 heavy (non-hydrogen) atoms. The van der Waals surface area contributed by atoms with Crippen LogP contribution in [0.25, 0.3) is 22.1 Å². The van der Waals surface area contributed by atoms with Gasteiger partial charge in [-0.2, -0.15) is 4.31 Å². The fourth-order valence-corrected chi connectivity index (χ4v) is 10.3. The van der Waals surface area contributed by atoms with Gasteiger partial charge in [0.2, 0.25) is 10.0 Å². The Morgan fingerprint density at radius 2 is 1.14 bits per heavy atom. The molecular weight excluding hydrogens is 790 g/mol. The van der Waals surface area contributed by atoms with Gasteiger partial charge >= 0.3 is 5.97 Å². The number of aromatic nitrogens is 4. The van der Waals surface area contributed by atoms with Crippen LogP contribution in [0.5, 0.6) is 0 Å². The lowest BCUT2D eigenvalue weighted by molar-refractivity contribution is -0.146. The van der Waals surface area contributed by atoms with Crippen LogP contribution in [0.3, 0.4) is 0 Å². The van der Waals surface area contributed by atoms with Crippen molar-refractivity contribution in [2.75, 3.05) is 46.6 Å². The Bertz CT molecular complexity index is 2270. The number of imidazole rings is 2. The Hall–Kier alpha value is -3.08. The smallest absolute Gasteiger partial charge is 0.308 e. The molecule has 0 amide bonds. The summed E-state index contributed by atoms with van der Waals surface area (Å²) in [5.74, 6) is 2.51. The van der Waals surface area contributed by atoms with Crippen molar-refractivity contribution in [3.8, 4) is 0 Å². The predicted octanol–water partition coefficient (Wildman–Crippen LogP) is 7.02. The number of piperidine rings is 1. The number of benzene rings is 2. The van der Waals surface area contributed by atoms with Crippen LogP contribution < -0.4 is 0 Å². The molecular formula is C41H58ClN5O8S2. The second-order valence-electron chi connectivity index (χ2n) is 17.6. The average Bonchev–Trinajstić information content (AvgIpc) is 3.73. The summed E-state index contributed by atoms with van der Waals surface area (Å²) in [5, 5.41) is 0. The number of hydrogen-bond acceptors (Lipinski definition) is 10. The predicted molar refractivity (Wildman–Crippen MR) is 220 cm³/mol. The summed E-state index contributed by atoms with van der Waals surface area (Å²) in [5.41, 5.74) is 3.00. The minimum atomic E-state index is -3.75. The Kier molecular flexibility index (Phi) is 13.2. The van der Waals surface area contributed by atoms with Crippen LogP contribution in [0.15, 0.2) is 46.2 Å². The average molecular weight is 849 g/mol. The van der Waals surface area contributed by atoms with Gasteiger partial charge in [-0.15, -0.1) is 0 Å². The first-order valence-corrected chi connectivity index (χ1v) is 23.7. The van der Waals surface area contributed by atoms with Crippen LogP contribution >= 0.6 is 10.7 Å². The minimum Gasteiger partial charge on any atom is -0.469 e. The molecule has 2 aromatic carbocycles. The molecule has 3 aliphatic heterocycles. The van der Waals surface area contributed by atoms with Gasteiger partial charge in [0.05, 0.1) is 44.9 Å². The second kappa shape index (κ2) is 17.3. The zero-order valence-electron chi connectivity index (χ0n) is 34.3. The first-order valence-electron chi connectivity index (χ1n) is 20.0. The first-order chi connectivity index (χ1) is 26.8. The highest BCUT2D eigenvalue weighted by Crippen LogP contribution is 2.33. The van der Waals surface area contributed by atoms with Crippen LogP contribution in [-0.4, -0.2) is 92.8 Å². The summed E-state index contributed by atoms with van der Waals surface area (Å²) in [4.78, 5) is 21.8. The van der Waals surface area contributed by atoms with Gasteiger partial charge in [0.25, 0.3) is 9.05 Å². The number of sulfonamides is 1. The number of nitrogens with zero attached hydrogens (tertiary/aromatic N) is 5. The maximum Gasteiger partial charge on any atom is 0.308 e. The molecule has 3 saturated heterocycles. The molecule has 5 heterocycles. The van der Waals surface area contributed by atoms with Crippen LogP contribution in [0, 0.1) is 17.8 Å². The molecule has 314 valence electrons. The molecule has 0 radical (unpaired) electrons. The lowest BCUT2D eigenvalue weighted by atomic mass is 9.94. The molecule has 0 atom stereocenters. The highest BCUT2D eigenvalue weighted by atomic mass is 35.7. The van der Waals surface area contributed by atoms with E-state index in [1.807, 2.05) is 12.1 Å². The molecule has 0 N–H and O–H groups in total. The first kappa shape index (κ1) is 43.5. The van der Waals surface area contributed by atoms with Crippen LogP contribution in [-0.2, 0) is 62.0 Å². The van der Waals surface area contributed by atoms with Gasteiger partial charge < -0.3 is 23.3 Å². The Balaban J connectivity index is 0.000000203. The fourth-order valence-electron chi connectivity index (χ4n) is 8.07. The molecule has 0 bridgehead atoms. The lowest BCUT2D eigenvalue weighted by Gasteiger charge is -2.29. The van der Waals surface area contributed by atoms with Crippen molar-refractivity contribution >= 4 is 57.8 Å². The standard InChI is InChI=1S/C24H35N3O5S.C17H23ClN2O3S/c1-24(2,3)23-25-20-15-19(5-6-21(20)27(23)16-17-9-13-32-14-10-17)33(29,30)26-11-7-18(8-12-26)22(28)31-4;1-17(2,3)16-19-14-10-13(24(18,21)22)4-5-15(14)20(16)11-12-6-8-23-9-7-12/h5-6,15,17-18H,7-14,16H2,1-4H3;4-5,10,12H,6-9,11H2,1-3H3. The molecule has 0 aliphatic carbocycles. The molecule has 0 saturated carbocycles. The van der Waals surface area contributed by atoms with E-state index in [1.54, 1.807) is 24.3 Å². The van der Waals surface area contributed by atoms with Crippen LogP contribution in [0.4, 0.5) is 0 Å². The third-order valence-electron chi connectivity index (χ3n) is 11.3. The Labute approximate surface area is 341 Å². The number of rotatable bonds is 8. The number of esters is 1. The summed E-state index contributed by atoms with van der Waals surface area (Å²) in [6.45, 7) is 18.3. The van der Waals surface area contributed by atoms with Gasteiger partial charge in [0.1, 0.15) is 11.6 Å². The van der Waals surface area contributed by atoms with Crippen molar-refractivity contribution in [3.05, 3.63) is 48.0 Å². The van der Waals surface area contributed by atoms with E-state index >= 15 is 0 Å². The third-order valence-corrected chi connectivity index (χ3v) is 14.5. The summed E-state index contributed by atoms with van der Waals surface area (Å²) < 4.78 is 71.6. The van der Waals surface area contributed by atoms with Gasteiger partial charge in [-0.3, -0.25) is 4.79 Å². The van der Waals surface area contributed by atoms with Crippen molar-refractivity contribution in [2.45, 2.75) is 114 Å². The molecule has 16 heteroatoms. The number of ether oxygens (including phenoxy) is 3. The summed E-state index contributed by atoms with van der Waals surface area (Å²) >= 11 is 0. The number of carbonyl (C=O) groups excluding carboxylic acids is 1. The number of fused-ring (bicyclic) bond motifs is 2. The zero-order valence-corrected chi connectivity index (χ0v) is 36.7. The number of methoxy groups -OCH3 is 1. The maximum atomic E-state index is 13.3. The Morgan fingerprint density at radius 3 is 1.54 bits per heavy atom. The van der Waals surface area contributed by atoms with Gasteiger partial charge in [-0.05, 0) is 86.8 Å². The monoisotopic (exact) mass is 847 g/mol. The number of carbonyl (C=O) groups is 1. The van der Waals surface area contributed by atoms with Gasteiger partial charge in [-0.25, -0.2) is 26.8 Å². The Morgan fingerprint density at radius 1 is 0.719 bits per heavy atom. The van der Waals surface area contributed by atoms with E-state index in [-0.39, 0.29) is 32.5 Å². The van der Waals surface area contributed by atoms with Crippen LogP contribution in [0.1, 0.15) is 91.7 Å². The molecule has 13 nitrogen and oxygen atoms in total. The highest BCUT2D eigenvalue weighted by Gasteiger charge is 2.34. The van der Waals surface area contributed by atoms with E-state index in [4.69, 9.17) is 34.9 Å². The summed E-state index contributed by atoms with van der Waals surface area (Å²) in [6, 6.07) is 10.2. The summed E-state index contributed by atoms with van der Waals surface area (Å²) in [6.07, 6.45) is 5.08. The number of hydrogen-bond donors (Lipinski definition) is 0. The molecule has 3 fully saturated rings. The quantitative estimate of drug-likeness (QED) is 0.134. The SMILES string of the molecule is CC(C)(C)c1nc2cc(S(=O)(=O)Cl)ccc2n1CC1CCOCC1.COC(=O)C1CCN(S(=O)(=O)c2ccc3c(c2)nc(C(C)(C)C)n3CC2CCOCC2)CC1. The van der Waals surface area contributed by atoms with Crippen molar-refractivity contribution in [3.63, 3.8) is 0 Å². The van der Waals surface area contributed by atoms with Crippen LogP contribution in [0.2, 0.25) is 0 Å². The van der Waals surface area contributed by atoms with Crippen molar-refractivity contribution < 1.29 is 35.8 Å². The third kappa shape index (κ3) is 10.0. The van der Waals surface area contributed by atoms with Gasteiger partial charge in [0.15, 0.2) is 0 Å². The van der Waals surface area contributed by atoms with E-state index in [0.717, 1.165) is 87.9 Å². The largest absolute Gasteiger partial charge is 0.469 e. The second-order valence-corrected chi connectivity index (χ2v) is 22.1. The molecule has 3 aliphatic rings. The van der Waals surface area contributed by atoms with Gasteiger partial charge in [-0.1, -0.05) is 41.5 Å². The lowest BCUT2D eigenvalue weighted by Crippen LogP contribution is -2.40. The molecule has 7 rings (SSSR count). The minimum absolute atomic E-state index is 0.0906. The number of halogens is 1. The van der Waals surface area contributed by atoms with Crippen molar-refractivity contribution in [1.82, 2.24) is 23.4 Å².